The van der Waals surface area contributed by atoms with Gasteiger partial charge in [-0.15, -0.1) is 0 Å². The Hall–Kier alpha value is -1.45. The Bertz CT molecular complexity index is 491. The molecule has 0 saturated heterocycles. The number of hydrogen-bond acceptors (Lipinski definition) is 4. The summed E-state index contributed by atoms with van der Waals surface area (Å²) in [5, 5.41) is 0. The number of hydrogen-bond donors (Lipinski definition) is 0. The van der Waals surface area contributed by atoms with E-state index in [-0.39, 0.29) is 11.4 Å². The summed E-state index contributed by atoms with van der Waals surface area (Å²) in [6.07, 6.45) is 6.21. The van der Waals surface area contributed by atoms with Crippen LogP contribution in [0.15, 0.2) is 6.20 Å². The van der Waals surface area contributed by atoms with Gasteiger partial charge in [0.2, 0.25) is 0 Å². The predicted molar refractivity (Wildman–Crippen MR) is 66.5 cm³/mol. The second kappa shape index (κ2) is 4.04. The van der Waals surface area contributed by atoms with Gasteiger partial charge >= 0.3 is 5.97 Å². The monoisotopic (exact) mass is 246 g/mol. The summed E-state index contributed by atoms with van der Waals surface area (Å²) in [6.45, 7) is 4.39. The van der Waals surface area contributed by atoms with Gasteiger partial charge in [0.25, 0.3) is 0 Å². The SMILES string of the molecule is CCOC(=O)c1cnc(C2(C)CC2)nc1C1CC1. The molecule has 2 aliphatic rings. The van der Waals surface area contributed by atoms with Crippen molar-refractivity contribution in [3.63, 3.8) is 0 Å². The van der Waals surface area contributed by atoms with Gasteiger partial charge in [0, 0.05) is 17.5 Å². The van der Waals surface area contributed by atoms with E-state index in [0.29, 0.717) is 18.1 Å². The van der Waals surface area contributed by atoms with Crippen LogP contribution in [-0.4, -0.2) is 22.5 Å². The van der Waals surface area contributed by atoms with Crippen molar-refractivity contribution in [1.82, 2.24) is 9.97 Å². The minimum absolute atomic E-state index is 0.150. The van der Waals surface area contributed by atoms with Gasteiger partial charge in [-0.25, -0.2) is 14.8 Å². The van der Waals surface area contributed by atoms with Crippen molar-refractivity contribution in [2.24, 2.45) is 0 Å². The minimum Gasteiger partial charge on any atom is -0.462 e. The van der Waals surface area contributed by atoms with E-state index in [1.54, 1.807) is 6.20 Å². The van der Waals surface area contributed by atoms with Gasteiger partial charge in [0.1, 0.15) is 5.82 Å². The molecule has 0 aromatic carbocycles. The third kappa shape index (κ3) is 2.00. The van der Waals surface area contributed by atoms with E-state index in [9.17, 15) is 4.79 Å². The van der Waals surface area contributed by atoms with Crippen molar-refractivity contribution >= 4 is 5.97 Å². The maximum absolute atomic E-state index is 11.9. The first-order valence-electron chi connectivity index (χ1n) is 6.68. The van der Waals surface area contributed by atoms with Crippen molar-refractivity contribution in [2.75, 3.05) is 6.61 Å². The van der Waals surface area contributed by atoms with Gasteiger partial charge in [0.05, 0.1) is 17.9 Å². The molecule has 0 unspecified atom stereocenters. The molecule has 0 atom stereocenters. The highest BCUT2D eigenvalue weighted by molar-refractivity contribution is 5.90. The molecule has 0 radical (unpaired) electrons. The maximum atomic E-state index is 11.9. The molecule has 96 valence electrons. The zero-order chi connectivity index (χ0) is 12.8. The number of rotatable bonds is 4. The van der Waals surface area contributed by atoms with Crippen LogP contribution in [0.2, 0.25) is 0 Å². The number of nitrogens with zero attached hydrogens (tertiary/aromatic N) is 2. The molecule has 0 N–H and O–H groups in total. The lowest BCUT2D eigenvalue weighted by Gasteiger charge is -2.11. The summed E-state index contributed by atoms with van der Waals surface area (Å²) in [5.74, 6) is 1.05. The first kappa shape index (κ1) is 11.6. The van der Waals surface area contributed by atoms with Gasteiger partial charge in [-0.2, -0.15) is 0 Å². The van der Waals surface area contributed by atoms with Gasteiger partial charge in [0.15, 0.2) is 0 Å². The van der Waals surface area contributed by atoms with Gasteiger partial charge in [-0.1, -0.05) is 6.92 Å². The molecule has 18 heavy (non-hydrogen) atoms. The zero-order valence-electron chi connectivity index (χ0n) is 10.9. The van der Waals surface area contributed by atoms with Crippen LogP contribution in [0, 0.1) is 0 Å². The van der Waals surface area contributed by atoms with Crippen LogP contribution >= 0.6 is 0 Å². The van der Waals surface area contributed by atoms with E-state index in [1.165, 1.54) is 0 Å². The molecule has 4 heteroatoms. The number of aromatic nitrogens is 2. The van der Waals surface area contributed by atoms with Crippen LogP contribution in [0.4, 0.5) is 0 Å². The molecule has 0 spiro atoms. The standard InChI is InChI=1S/C14H18N2O2/c1-3-18-12(17)10-8-15-13(14(2)6-7-14)16-11(10)9-4-5-9/h8-9H,3-7H2,1-2H3. The summed E-state index contributed by atoms with van der Waals surface area (Å²) in [6, 6.07) is 0. The van der Waals surface area contributed by atoms with E-state index in [0.717, 1.165) is 37.2 Å². The second-order valence-corrected chi connectivity index (χ2v) is 5.55. The number of ether oxygens (including phenoxy) is 1. The largest absolute Gasteiger partial charge is 0.462 e. The topological polar surface area (TPSA) is 52.1 Å². The highest BCUT2D eigenvalue weighted by Gasteiger charge is 2.43. The van der Waals surface area contributed by atoms with Crippen LogP contribution in [-0.2, 0) is 10.2 Å². The Labute approximate surface area is 107 Å². The summed E-state index contributed by atoms with van der Waals surface area (Å²) < 4.78 is 5.07. The van der Waals surface area contributed by atoms with Gasteiger partial charge in [-0.05, 0) is 32.6 Å². The Morgan fingerprint density at radius 1 is 1.50 bits per heavy atom. The van der Waals surface area contributed by atoms with Crippen molar-refractivity contribution < 1.29 is 9.53 Å². The molecule has 3 rings (SSSR count). The smallest absolute Gasteiger partial charge is 0.341 e. The highest BCUT2D eigenvalue weighted by atomic mass is 16.5. The third-order valence-corrected chi connectivity index (χ3v) is 3.82. The number of esters is 1. The van der Waals surface area contributed by atoms with Crippen LogP contribution in [0.5, 0.6) is 0 Å². The lowest BCUT2D eigenvalue weighted by atomic mass is 10.1. The molecule has 4 nitrogen and oxygen atoms in total. The summed E-state index contributed by atoms with van der Waals surface area (Å²) in [5.41, 5.74) is 1.62. The average molecular weight is 246 g/mol. The average Bonchev–Trinajstić information content (AvgIpc) is 3.24. The molecular weight excluding hydrogens is 228 g/mol. The van der Waals surface area contributed by atoms with E-state index in [2.05, 4.69) is 16.9 Å². The molecule has 2 aliphatic carbocycles. The lowest BCUT2D eigenvalue weighted by molar-refractivity contribution is 0.0523. The fourth-order valence-electron chi connectivity index (χ4n) is 2.13. The lowest BCUT2D eigenvalue weighted by Crippen LogP contribution is -2.15. The van der Waals surface area contributed by atoms with E-state index in [1.807, 2.05) is 6.92 Å². The van der Waals surface area contributed by atoms with Crippen LogP contribution in [0.3, 0.4) is 0 Å². The molecule has 0 aliphatic heterocycles. The molecule has 0 bridgehead atoms. The van der Waals surface area contributed by atoms with Crippen molar-refractivity contribution in [3.05, 3.63) is 23.3 Å². The summed E-state index contributed by atoms with van der Waals surface area (Å²) in [4.78, 5) is 20.9. The first-order chi connectivity index (χ1) is 8.64. The van der Waals surface area contributed by atoms with Crippen molar-refractivity contribution in [3.8, 4) is 0 Å². The van der Waals surface area contributed by atoms with E-state index in [4.69, 9.17) is 4.74 Å². The predicted octanol–water partition coefficient (Wildman–Crippen LogP) is 2.58. The van der Waals surface area contributed by atoms with Crippen molar-refractivity contribution in [2.45, 2.75) is 50.9 Å². The fourth-order valence-corrected chi connectivity index (χ4v) is 2.13. The molecular formula is C14H18N2O2. The fraction of sp³-hybridized carbons (Fsp3) is 0.643. The summed E-state index contributed by atoms with van der Waals surface area (Å²) in [7, 11) is 0. The van der Waals surface area contributed by atoms with Gasteiger partial charge in [-0.3, -0.25) is 0 Å². The second-order valence-electron chi connectivity index (χ2n) is 5.55. The van der Waals surface area contributed by atoms with E-state index >= 15 is 0 Å². The van der Waals surface area contributed by atoms with Crippen LogP contribution in [0.25, 0.3) is 0 Å². The highest BCUT2D eigenvalue weighted by Crippen LogP contribution is 2.47. The molecule has 1 heterocycles. The van der Waals surface area contributed by atoms with Gasteiger partial charge < -0.3 is 4.74 Å². The Kier molecular flexibility index (Phi) is 2.61. The molecule has 0 amide bonds. The number of carbonyl (C=O) groups excluding carboxylic acids is 1. The molecule has 2 fully saturated rings. The minimum atomic E-state index is -0.285. The normalized spacial score (nSPS) is 20.6. The molecule has 1 aromatic rings. The quantitative estimate of drug-likeness (QED) is 0.766. The Morgan fingerprint density at radius 2 is 2.22 bits per heavy atom. The Morgan fingerprint density at radius 3 is 2.78 bits per heavy atom. The third-order valence-electron chi connectivity index (χ3n) is 3.82. The maximum Gasteiger partial charge on any atom is 0.341 e. The van der Waals surface area contributed by atoms with Crippen LogP contribution < -0.4 is 0 Å². The zero-order valence-corrected chi connectivity index (χ0v) is 10.9. The summed E-state index contributed by atoms with van der Waals surface area (Å²) >= 11 is 0. The van der Waals surface area contributed by atoms with Crippen molar-refractivity contribution in [1.29, 1.82) is 0 Å². The number of carbonyl (C=O) groups is 1. The van der Waals surface area contributed by atoms with E-state index < -0.39 is 0 Å². The Balaban J connectivity index is 1.96. The first-order valence-corrected chi connectivity index (χ1v) is 6.68. The molecule has 2 saturated carbocycles. The van der Waals surface area contributed by atoms with Crippen LogP contribution in [0.1, 0.15) is 67.3 Å². The molecule has 1 aromatic heterocycles.